The van der Waals surface area contributed by atoms with Gasteiger partial charge in [0.15, 0.2) is 0 Å². The number of amides is 1. The first-order chi connectivity index (χ1) is 8.74. The van der Waals surface area contributed by atoms with Crippen LogP contribution in [0.2, 0.25) is 0 Å². The van der Waals surface area contributed by atoms with Crippen LogP contribution in [-0.4, -0.2) is 23.4 Å². The van der Waals surface area contributed by atoms with Gasteiger partial charge in [-0.15, -0.1) is 0 Å². The second kappa shape index (κ2) is 6.34. The minimum absolute atomic E-state index is 0.213. The van der Waals surface area contributed by atoms with Crippen LogP contribution in [0.3, 0.4) is 0 Å². The largest absolute Gasteiger partial charge is 0.444 e. The van der Waals surface area contributed by atoms with E-state index in [9.17, 15) is 14.3 Å². The van der Waals surface area contributed by atoms with Crippen molar-refractivity contribution in [2.24, 2.45) is 0 Å². The van der Waals surface area contributed by atoms with Crippen molar-refractivity contribution in [1.82, 2.24) is 5.32 Å². The SMILES string of the molecule is CC(C)(C)OC(=O)N[C@@H](CO)c1cccc(F)c1Br. The Labute approximate surface area is 120 Å². The first kappa shape index (κ1) is 15.9. The zero-order valence-electron chi connectivity index (χ0n) is 11.0. The molecule has 0 aliphatic rings. The molecule has 4 nitrogen and oxygen atoms in total. The summed E-state index contributed by atoms with van der Waals surface area (Å²) in [5.41, 5.74) is -0.183. The molecule has 0 bridgehead atoms. The number of halogens is 2. The van der Waals surface area contributed by atoms with Crippen LogP contribution in [0.5, 0.6) is 0 Å². The Morgan fingerprint density at radius 1 is 1.53 bits per heavy atom. The third-order valence-corrected chi connectivity index (χ3v) is 3.07. The van der Waals surface area contributed by atoms with E-state index in [2.05, 4.69) is 21.2 Å². The maximum Gasteiger partial charge on any atom is 0.408 e. The topological polar surface area (TPSA) is 58.6 Å². The molecule has 0 saturated carbocycles. The van der Waals surface area contributed by atoms with E-state index in [1.54, 1.807) is 26.8 Å². The summed E-state index contributed by atoms with van der Waals surface area (Å²) in [6.45, 7) is 4.84. The highest BCUT2D eigenvalue weighted by Crippen LogP contribution is 2.26. The van der Waals surface area contributed by atoms with Crippen LogP contribution < -0.4 is 5.32 Å². The Hall–Kier alpha value is -1.14. The lowest BCUT2D eigenvalue weighted by Gasteiger charge is -2.23. The number of benzene rings is 1. The molecule has 0 aliphatic heterocycles. The number of carbonyl (C=O) groups is 1. The molecule has 0 heterocycles. The first-order valence-electron chi connectivity index (χ1n) is 5.79. The van der Waals surface area contributed by atoms with E-state index in [1.807, 2.05) is 0 Å². The maximum atomic E-state index is 13.4. The molecule has 1 amide bonds. The molecule has 1 aromatic carbocycles. The Kier molecular flexibility index (Phi) is 5.31. The summed E-state index contributed by atoms with van der Waals surface area (Å²) in [4.78, 5) is 11.6. The molecule has 0 aromatic heterocycles. The van der Waals surface area contributed by atoms with Gasteiger partial charge in [0, 0.05) is 0 Å². The molecular weight excluding hydrogens is 317 g/mol. The highest BCUT2D eigenvalue weighted by atomic mass is 79.9. The number of hydrogen-bond acceptors (Lipinski definition) is 3. The van der Waals surface area contributed by atoms with Crippen molar-refractivity contribution < 1.29 is 19.0 Å². The quantitative estimate of drug-likeness (QED) is 0.893. The van der Waals surface area contributed by atoms with Crippen molar-refractivity contribution in [3.63, 3.8) is 0 Å². The Bertz CT molecular complexity index is 460. The van der Waals surface area contributed by atoms with Crippen molar-refractivity contribution in [3.05, 3.63) is 34.1 Å². The standard InChI is InChI=1S/C13H17BrFNO3/c1-13(2,3)19-12(18)16-10(7-17)8-5-4-6-9(15)11(8)14/h4-6,10,17H,7H2,1-3H3,(H,16,18)/t10-/m0/s1. The number of hydrogen-bond donors (Lipinski definition) is 2. The average Bonchev–Trinajstić information content (AvgIpc) is 2.27. The molecule has 0 fully saturated rings. The van der Waals surface area contributed by atoms with Crippen LogP contribution in [-0.2, 0) is 4.74 Å². The van der Waals surface area contributed by atoms with Crippen molar-refractivity contribution in [2.45, 2.75) is 32.4 Å². The minimum atomic E-state index is -0.736. The predicted octanol–water partition coefficient (Wildman–Crippen LogP) is 3.15. The summed E-state index contributed by atoms with van der Waals surface area (Å²) in [6.07, 6.45) is -0.664. The minimum Gasteiger partial charge on any atom is -0.444 e. The van der Waals surface area contributed by atoms with Gasteiger partial charge in [0.2, 0.25) is 0 Å². The van der Waals surface area contributed by atoms with E-state index in [1.165, 1.54) is 12.1 Å². The van der Waals surface area contributed by atoms with Gasteiger partial charge in [0.25, 0.3) is 0 Å². The molecule has 1 rings (SSSR count). The molecular formula is C13H17BrFNO3. The molecule has 1 atom stereocenters. The van der Waals surface area contributed by atoms with E-state index >= 15 is 0 Å². The molecule has 1 aromatic rings. The van der Waals surface area contributed by atoms with Crippen LogP contribution in [0.1, 0.15) is 32.4 Å². The monoisotopic (exact) mass is 333 g/mol. The summed E-state index contributed by atoms with van der Waals surface area (Å²) >= 11 is 3.09. The highest BCUT2D eigenvalue weighted by Gasteiger charge is 2.22. The van der Waals surface area contributed by atoms with Gasteiger partial charge >= 0.3 is 6.09 Å². The third kappa shape index (κ3) is 4.80. The van der Waals surface area contributed by atoms with Gasteiger partial charge in [-0.25, -0.2) is 9.18 Å². The van der Waals surface area contributed by atoms with Gasteiger partial charge in [0.05, 0.1) is 17.1 Å². The van der Waals surface area contributed by atoms with E-state index in [0.29, 0.717) is 5.56 Å². The Morgan fingerprint density at radius 2 is 2.16 bits per heavy atom. The number of ether oxygens (including phenoxy) is 1. The van der Waals surface area contributed by atoms with Crippen molar-refractivity contribution >= 4 is 22.0 Å². The molecule has 106 valence electrons. The van der Waals surface area contributed by atoms with Crippen molar-refractivity contribution in [2.75, 3.05) is 6.61 Å². The van der Waals surface area contributed by atoms with Gasteiger partial charge in [0.1, 0.15) is 11.4 Å². The summed E-state index contributed by atoms with van der Waals surface area (Å²) in [5, 5.41) is 11.8. The fourth-order valence-corrected chi connectivity index (χ4v) is 2.00. The van der Waals surface area contributed by atoms with Gasteiger partial charge in [-0.3, -0.25) is 0 Å². The number of rotatable bonds is 3. The van der Waals surface area contributed by atoms with Gasteiger partial charge < -0.3 is 15.2 Å². The van der Waals surface area contributed by atoms with E-state index < -0.39 is 23.6 Å². The molecule has 0 saturated heterocycles. The third-order valence-electron chi connectivity index (χ3n) is 2.23. The average molecular weight is 334 g/mol. The van der Waals surface area contributed by atoms with Crippen LogP contribution in [0.4, 0.5) is 9.18 Å². The van der Waals surface area contributed by atoms with Crippen LogP contribution in [0.25, 0.3) is 0 Å². The van der Waals surface area contributed by atoms with E-state index in [-0.39, 0.29) is 11.1 Å². The van der Waals surface area contributed by atoms with E-state index in [4.69, 9.17) is 4.74 Å². The first-order valence-corrected chi connectivity index (χ1v) is 6.58. The van der Waals surface area contributed by atoms with Crippen LogP contribution in [0, 0.1) is 5.82 Å². The van der Waals surface area contributed by atoms with E-state index in [0.717, 1.165) is 0 Å². The number of nitrogens with one attached hydrogen (secondary N) is 1. The molecule has 0 aliphatic carbocycles. The summed E-state index contributed by atoms with van der Waals surface area (Å²) < 4.78 is 18.7. The molecule has 0 unspecified atom stereocenters. The second-order valence-corrected chi connectivity index (χ2v) is 5.82. The number of aliphatic hydroxyl groups excluding tert-OH is 1. The maximum absolute atomic E-state index is 13.4. The summed E-state index contributed by atoms with van der Waals surface area (Å²) in [7, 11) is 0. The zero-order chi connectivity index (χ0) is 14.6. The predicted molar refractivity (Wildman–Crippen MR) is 73.3 cm³/mol. The lowest BCUT2D eigenvalue weighted by atomic mass is 10.1. The number of carbonyl (C=O) groups excluding carboxylic acids is 1. The fraction of sp³-hybridized carbons (Fsp3) is 0.462. The Balaban J connectivity index is 2.84. The lowest BCUT2D eigenvalue weighted by Crippen LogP contribution is -2.36. The fourth-order valence-electron chi connectivity index (χ4n) is 1.46. The number of alkyl carbamates (subject to hydrolysis) is 1. The van der Waals surface area contributed by atoms with Gasteiger partial charge in [-0.05, 0) is 48.3 Å². The molecule has 6 heteroatoms. The smallest absolute Gasteiger partial charge is 0.408 e. The lowest BCUT2D eigenvalue weighted by molar-refractivity contribution is 0.0481. The zero-order valence-corrected chi connectivity index (χ0v) is 12.6. The van der Waals surface area contributed by atoms with Crippen LogP contribution in [0.15, 0.2) is 22.7 Å². The molecule has 2 N–H and O–H groups in total. The molecule has 0 spiro atoms. The molecule has 0 radical (unpaired) electrons. The molecule has 19 heavy (non-hydrogen) atoms. The summed E-state index contributed by atoms with van der Waals surface area (Å²) in [6, 6.07) is 3.68. The van der Waals surface area contributed by atoms with Gasteiger partial charge in [-0.1, -0.05) is 12.1 Å². The Morgan fingerprint density at radius 3 is 2.68 bits per heavy atom. The van der Waals surface area contributed by atoms with Gasteiger partial charge in [-0.2, -0.15) is 0 Å². The summed E-state index contributed by atoms with van der Waals surface area (Å²) in [5.74, 6) is -0.457. The number of aliphatic hydroxyl groups is 1. The second-order valence-electron chi connectivity index (χ2n) is 5.02. The van der Waals surface area contributed by atoms with Crippen molar-refractivity contribution in [1.29, 1.82) is 0 Å². The normalized spacial score (nSPS) is 12.9. The highest BCUT2D eigenvalue weighted by molar-refractivity contribution is 9.10. The van der Waals surface area contributed by atoms with Crippen LogP contribution >= 0.6 is 15.9 Å². The van der Waals surface area contributed by atoms with Crippen molar-refractivity contribution in [3.8, 4) is 0 Å².